The van der Waals surface area contributed by atoms with Gasteiger partial charge in [-0.3, -0.25) is 4.79 Å². The molecule has 0 saturated heterocycles. The second-order valence-corrected chi connectivity index (χ2v) is 7.18. The monoisotopic (exact) mass is 349 g/mol. The van der Waals surface area contributed by atoms with Crippen LogP contribution in [0.3, 0.4) is 0 Å². The molecule has 0 bridgehead atoms. The van der Waals surface area contributed by atoms with Gasteiger partial charge in [-0.25, -0.2) is 4.98 Å². The van der Waals surface area contributed by atoms with Crippen LogP contribution in [-0.4, -0.2) is 35.5 Å². The maximum absolute atomic E-state index is 12.0. The van der Waals surface area contributed by atoms with Gasteiger partial charge in [0.05, 0.1) is 18.3 Å². The normalized spacial score (nSPS) is 14.2. The number of anilines is 1. The summed E-state index contributed by atoms with van der Waals surface area (Å²) in [5, 5.41) is 5.33. The van der Waals surface area contributed by atoms with E-state index in [9.17, 15) is 4.79 Å². The van der Waals surface area contributed by atoms with Crippen molar-refractivity contribution < 1.29 is 9.53 Å². The van der Waals surface area contributed by atoms with Gasteiger partial charge in [0.25, 0.3) is 0 Å². The third-order valence-corrected chi connectivity index (χ3v) is 5.09. The van der Waals surface area contributed by atoms with Crippen LogP contribution in [-0.2, 0) is 11.2 Å². The molecular formula is C16H19N3O2S2. The molecule has 122 valence electrons. The topological polar surface area (TPSA) is 77.2 Å². The molecule has 0 spiro atoms. The average Bonchev–Trinajstić information content (AvgIpc) is 3.20. The van der Waals surface area contributed by atoms with Crippen molar-refractivity contribution in [2.45, 2.75) is 18.9 Å². The highest BCUT2D eigenvalue weighted by Gasteiger charge is 2.16. The van der Waals surface area contributed by atoms with Crippen molar-refractivity contribution in [1.29, 1.82) is 0 Å². The van der Waals surface area contributed by atoms with Crippen LogP contribution < -0.4 is 15.8 Å². The molecule has 1 amide bonds. The summed E-state index contributed by atoms with van der Waals surface area (Å²) in [6.07, 6.45) is 3.59. The minimum atomic E-state index is -0.494. The number of carbonyl (C=O) groups is 1. The van der Waals surface area contributed by atoms with Gasteiger partial charge < -0.3 is 15.8 Å². The summed E-state index contributed by atoms with van der Waals surface area (Å²) in [4.78, 5) is 16.5. The predicted molar refractivity (Wildman–Crippen MR) is 96.4 cm³/mol. The van der Waals surface area contributed by atoms with Crippen LogP contribution in [0.15, 0.2) is 23.6 Å². The minimum Gasteiger partial charge on any atom is -0.493 e. The first-order chi connectivity index (χ1) is 11.2. The number of thiazole rings is 1. The molecule has 3 N–H and O–H groups in total. The molecule has 0 fully saturated rings. The smallest absolute Gasteiger partial charge is 0.243 e. The first-order valence-electron chi connectivity index (χ1n) is 7.44. The fraction of sp³-hybridized carbons (Fsp3) is 0.375. The first kappa shape index (κ1) is 16.3. The Balaban J connectivity index is 1.67. The second kappa shape index (κ2) is 7.33. The van der Waals surface area contributed by atoms with Crippen LogP contribution in [0, 0.1) is 0 Å². The lowest BCUT2D eigenvalue weighted by Crippen LogP contribution is -2.36. The molecule has 1 atom stereocenters. The molecule has 5 nitrogen and oxygen atoms in total. The van der Waals surface area contributed by atoms with Crippen molar-refractivity contribution in [3.05, 3.63) is 29.1 Å². The Labute approximate surface area is 143 Å². The van der Waals surface area contributed by atoms with E-state index in [4.69, 9.17) is 10.5 Å². The predicted octanol–water partition coefficient (Wildman–Crippen LogP) is 2.76. The fourth-order valence-corrected chi connectivity index (χ4v) is 3.60. The summed E-state index contributed by atoms with van der Waals surface area (Å²) >= 11 is 3.09. The van der Waals surface area contributed by atoms with Crippen molar-refractivity contribution >= 4 is 34.1 Å². The largest absolute Gasteiger partial charge is 0.493 e. The van der Waals surface area contributed by atoms with Gasteiger partial charge in [-0.05, 0) is 42.2 Å². The molecule has 0 unspecified atom stereocenters. The molecule has 1 aromatic carbocycles. The molecule has 2 heterocycles. The van der Waals surface area contributed by atoms with Gasteiger partial charge in [-0.1, -0.05) is 0 Å². The lowest BCUT2D eigenvalue weighted by Gasteiger charge is -2.09. The molecular weight excluding hydrogens is 330 g/mol. The Morgan fingerprint density at radius 3 is 3.26 bits per heavy atom. The zero-order valence-corrected chi connectivity index (χ0v) is 14.5. The number of carbonyl (C=O) groups excluding carboxylic acids is 1. The highest BCUT2D eigenvalue weighted by molar-refractivity contribution is 7.98. The molecule has 1 aliphatic heterocycles. The first-order valence-corrected chi connectivity index (χ1v) is 9.71. The van der Waals surface area contributed by atoms with Crippen LogP contribution in [0.25, 0.3) is 11.3 Å². The Kier molecular flexibility index (Phi) is 5.20. The molecule has 0 saturated carbocycles. The molecule has 0 radical (unpaired) electrons. The molecule has 7 heteroatoms. The van der Waals surface area contributed by atoms with Gasteiger partial charge in [-0.15, -0.1) is 11.3 Å². The van der Waals surface area contributed by atoms with E-state index in [1.54, 1.807) is 11.8 Å². The van der Waals surface area contributed by atoms with Gasteiger partial charge in [0, 0.05) is 17.4 Å². The van der Waals surface area contributed by atoms with E-state index in [1.165, 1.54) is 16.9 Å². The van der Waals surface area contributed by atoms with Crippen LogP contribution >= 0.6 is 23.1 Å². The van der Waals surface area contributed by atoms with Crippen molar-refractivity contribution in [2.75, 3.05) is 23.9 Å². The molecule has 1 aromatic heterocycles. The summed E-state index contributed by atoms with van der Waals surface area (Å²) in [6, 6.07) is 5.59. The number of thioether (sulfide) groups is 1. The summed E-state index contributed by atoms with van der Waals surface area (Å²) in [5.41, 5.74) is 8.98. The van der Waals surface area contributed by atoms with E-state index in [0.29, 0.717) is 11.6 Å². The summed E-state index contributed by atoms with van der Waals surface area (Å²) < 4.78 is 5.52. The van der Waals surface area contributed by atoms with E-state index in [-0.39, 0.29) is 5.91 Å². The molecule has 1 aliphatic rings. The third-order valence-electron chi connectivity index (χ3n) is 3.69. The van der Waals surface area contributed by atoms with Gasteiger partial charge in [0.2, 0.25) is 5.91 Å². The quantitative estimate of drug-likeness (QED) is 0.838. The zero-order valence-electron chi connectivity index (χ0n) is 12.9. The number of nitrogens with one attached hydrogen (secondary N) is 1. The summed E-state index contributed by atoms with van der Waals surface area (Å²) in [6.45, 7) is 0.741. The second-order valence-electron chi connectivity index (χ2n) is 5.34. The van der Waals surface area contributed by atoms with E-state index in [1.807, 2.05) is 23.8 Å². The third kappa shape index (κ3) is 3.85. The Morgan fingerprint density at radius 2 is 2.43 bits per heavy atom. The SMILES string of the molecule is CSCC[C@H](N)C(=O)Nc1nc(-c2ccc3c(c2)CCO3)cs1. The zero-order chi connectivity index (χ0) is 16.2. The van der Waals surface area contributed by atoms with E-state index in [2.05, 4.69) is 16.4 Å². The molecule has 0 aliphatic carbocycles. The summed E-state index contributed by atoms with van der Waals surface area (Å²) in [7, 11) is 0. The number of benzene rings is 1. The number of amides is 1. The number of rotatable bonds is 6. The number of nitrogens with zero attached hydrogens (tertiary/aromatic N) is 1. The van der Waals surface area contributed by atoms with Gasteiger partial charge in [-0.2, -0.15) is 11.8 Å². The maximum Gasteiger partial charge on any atom is 0.243 e. The lowest BCUT2D eigenvalue weighted by atomic mass is 10.1. The number of nitrogens with two attached hydrogens (primary N) is 1. The minimum absolute atomic E-state index is 0.178. The highest BCUT2D eigenvalue weighted by Crippen LogP contribution is 2.31. The average molecular weight is 349 g/mol. The van der Waals surface area contributed by atoms with Gasteiger partial charge in [0.15, 0.2) is 5.13 Å². The highest BCUT2D eigenvalue weighted by atomic mass is 32.2. The standard InChI is InChI=1S/C16H19N3O2S2/c1-22-7-5-12(17)15(20)19-16-18-13(9-23-16)10-2-3-14-11(8-10)4-6-21-14/h2-3,8-9,12H,4-7,17H2,1H3,(H,18,19,20)/t12-/m0/s1. The number of aromatic nitrogens is 1. The van der Waals surface area contributed by atoms with Crippen molar-refractivity contribution in [2.24, 2.45) is 5.73 Å². The summed E-state index contributed by atoms with van der Waals surface area (Å²) in [5.74, 6) is 1.65. The Morgan fingerprint density at radius 1 is 1.57 bits per heavy atom. The van der Waals surface area contributed by atoms with E-state index >= 15 is 0 Å². The number of hydrogen-bond donors (Lipinski definition) is 2. The van der Waals surface area contributed by atoms with Crippen LogP contribution in [0.2, 0.25) is 0 Å². The number of hydrogen-bond acceptors (Lipinski definition) is 6. The van der Waals surface area contributed by atoms with Crippen LogP contribution in [0.5, 0.6) is 5.75 Å². The Hall–Kier alpha value is -1.57. The van der Waals surface area contributed by atoms with Crippen LogP contribution in [0.4, 0.5) is 5.13 Å². The van der Waals surface area contributed by atoms with Gasteiger partial charge >= 0.3 is 0 Å². The number of fused-ring (bicyclic) bond motifs is 1. The fourth-order valence-electron chi connectivity index (χ4n) is 2.38. The molecule has 2 aromatic rings. The Bertz CT molecular complexity index is 702. The van der Waals surface area contributed by atoms with Gasteiger partial charge in [0.1, 0.15) is 5.75 Å². The van der Waals surface area contributed by atoms with Crippen molar-refractivity contribution in [3.63, 3.8) is 0 Å². The van der Waals surface area contributed by atoms with E-state index in [0.717, 1.165) is 35.8 Å². The molecule has 23 heavy (non-hydrogen) atoms. The van der Waals surface area contributed by atoms with Crippen molar-refractivity contribution in [1.82, 2.24) is 4.98 Å². The van der Waals surface area contributed by atoms with Crippen molar-refractivity contribution in [3.8, 4) is 17.0 Å². The number of ether oxygens (including phenoxy) is 1. The maximum atomic E-state index is 12.0. The van der Waals surface area contributed by atoms with Crippen LogP contribution in [0.1, 0.15) is 12.0 Å². The molecule has 3 rings (SSSR count). The van der Waals surface area contributed by atoms with E-state index < -0.39 is 6.04 Å². The lowest BCUT2D eigenvalue weighted by molar-refractivity contribution is -0.117.